The summed E-state index contributed by atoms with van der Waals surface area (Å²) in [5, 5.41) is 0.100. The number of aromatic nitrogens is 4. The van der Waals surface area contributed by atoms with Gasteiger partial charge in [-0.15, -0.1) is 0 Å². The van der Waals surface area contributed by atoms with Gasteiger partial charge >= 0.3 is 12.4 Å². The normalized spacial score (nSPS) is 11.1. The number of pyridine rings is 4. The molecule has 0 saturated heterocycles. The molecule has 4 aromatic heterocycles. The third-order valence-corrected chi connectivity index (χ3v) is 4.71. The Morgan fingerprint density at radius 2 is 1.11 bits per heavy atom. The van der Waals surface area contributed by atoms with E-state index in [2.05, 4.69) is 29.6 Å². The predicted molar refractivity (Wildman–Crippen MR) is 122 cm³/mol. The molecule has 0 amide bonds. The summed E-state index contributed by atoms with van der Waals surface area (Å²) in [6.07, 6.45) is -7.02. The van der Waals surface area contributed by atoms with Crippen molar-refractivity contribution in [2.24, 2.45) is 0 Å². The van der Waals surface area contributed by atoms with Gasteiger partial charge in [0.25, 0.3) is 0 Å². The van der Waals surface area contributed by atoms with Crippen molar-refractivity contribution < 1.29 is 30.7 Å². The van der Waals surface area contributed by atoms with E-state index in [9.17, 15) is 30.7 Å². The number of alkyl halides is 6. The first kappa shape index (κ1) is 28.0. The molecule has 0 unspecified atom stereocenters. The fourth-order valence-electron chi connectivity index (χ4n) is 2.82. The molecule has 0 aliphatic heterocycles. The highest BCUT2D eigenvalue weighted by atomic mass is 35.5. The maximum absolute atomic E-state index is 13.1. The zero-order valence-electron chi connectivity index (χ0n) is 18.5. The predicted octanol–water partition coefficient (Wildman–Crippen LogP) is 8.22. The van der Waals surface area contributed by atoms with Crippen LogP contribution in [0.15, 0.2) is 60.9 Å². The third-order valence-electron chi connectivity index (χ3n) is 4.52. The zero-order chi connectivity index (χ0) is 28.1. The van der Waals surface area contributed by atoms with Crippen LogP contribution in [-0.2, 0) is 12.4 Å². The summed E-state index contributed by atoms with van der Waals surface area (Å²) in [6, 6.07) is 9.02. The largest absolute Gasteiger partial charge is 0.433 e. The quantitative estimate of drug-likeness (QED) is 0.143. The average molecular weight is 551 g/mol. The summed E-state index contributed by atoms with van der Waals surface area (Å²) >= 11 is 5.73. The molecule has 0 spiro atoms. The number of halogens is 8. The Morgan fingerprint density at radius 3 is 1.50 bits per heavy atom. The van der Waals surface area contributed by atoms with Crippen LogP contribution in [0.2, 0.25) is 5.15 Å². The smallest absolute Gasteiger partial charge is 0.251 e. The van der Waals surface area contributed by atoms with Gasteiger partial charge in [-0.2, -0.15) is 30.7 Å². The number of hydrogen-bond acceptors (Lipinski definition) is 4. The molecule has 0 saturated carbocycles. The molecule has 0 aliphatic rings. The second kappa shape index (κ2) is 11.2. The molecule has 0 bridgehead atoms. The van der Waals surface area contributed by atoms with Gasteiger partial charge in [0.2, 0.25) is 5.95 Å². The van der Waals surface area contributed by atoms with Gasteiger partial charge in [-0.1, -0.05) is 11.6 Å². The van der Waals surface area contributed by atoms with Crippen LogP contribution in [-0.4, -0.2) is 19.9 Å². The highest BCUT2D eigenvalue weighted by Gasteiger charge is 2.32. The minimum Gasteiger partial charge on any atom is -0.251 e. The minimum absolute atomic E-state index is 0.0161. The zero-order valence-corrected chi connectivity index (χ0v) is 19.2. The Bertz CT molecular complexity index is 1400. The van der Waals surface area contributed by atoms with Crippen LogP contribution in [0.4, 0.5) is 42.1 Å². The van der Waals surface area contributed by atoms with Crippen molar-refractivity contribution in [3.05, 3.63) is 106 Å². The molecule has 6 nitrogen and oxygen atoms in total. The van der Waals surface area contributed by atoms with E-state index < -0.39 is 29.7 Å². The lowest BCUT2D eigenvalue weighted by molar-refractivity contribution is -0.141. The molecule has 4 heterocycles. The summed E-state index contributed by atoms with van der Waals surface area (Å²) in [4.78, 5) is 20.3. The van der Waals surface area contributed by atoms with Gasteiger partial charge in [-0.25, -0.2) is 19.7 Å². The highest BCUT2D eigenvalue weighted by molar-refractivity contribution is 6.29. The highest BCUT2D eigenvalue weighted by Crippen LogP contribution is 2.31. The first-order chi connectivity index (χ1) is 17.8. The number of rotatable bonds is 2. The summed E-state index contributed by atoms with van der Waals surface area (Å²) in [7, 11) is 0. The third kappa shape index (κ3) is 7.21. The minimum atomic E-state index is -4.53. The summed E-state index contributed by atoms with van der Waals surface area (Å²) in [5.41, 5.74) is -0.816. The van der Waals surface area contributed by atoms with Crippen molar-refractivity contribution in [2.75, 3.05) is 0 Å². The van der Waals surface area contributed by atoms with Gasteiger partial charge in [0.05, 0.1) is 24.5 Å². The molecular weight excluding hydrogens is 541 g/mol. The molecule has 4 aromatic rings. The second-order valence-electron chi connectivity index (χ2n) is 7.15. The van der Waals surface area contributed by atoms with Crippen LogP contribution in [0.3, 0.4) is 0 Å². The molecule has 0 N–H and O–H groups in total. The Morgan fingerprint density at radius 1 is 0.658 bits per heavy atom. The molecule has 0 atom stereocenters. The fraction of sp³-hybridized carbons (Fsp3) is 0.0833. The molecule has 4 rings (SSSR count). The van der Waals surface area contributed by atoms with E-state index >= 15 is 0 Å². The average Bonchev–Trinajstić information content (AvgIpc) is 2.87. The van der Waals surface area contributed by atoms with Crippen molar-refractivity contribution in [1.29, 1.82) is 0 Å². The molecule has 0 aromatic carbocycles. The maximum Gasteiger partial charge on any atom is 0.433 e. The molecule has 0 fully saturated rings. The van der Waals surface area contributed by atoms with Crippen LogP contribution < -0.4 is 0 Å². The van der Waals surface area contributed by atoms with Crippen molar-refractivity contribution in [2.45, 2.75) is 12.4 Å². The molecule has 14 heteroatoms. The van der Waals surface area contributed by atoms with E-state index in [0.29, 0.717) is 11.3 Å². The van der Waals surface area contributed by atoms with Crippen molar-refractivity contribution in [3.8, 4) is 22.5 Å². The Labute approximate surface area is 215 Å². The Hall–Kier alpha value is -4.62. The summed E-state index contributed by atoms with van der Waals surface area (Å²) in [6.45, 7) is 13.7. The van der Waals surface area contributed by atoms with Crippen molar-refractivity contribution >= 4 is 23.0 Å². The summed E-state index contributed by atoms with van der Waals surface area (Å²) in [5.74, 6) is -0.872. The van der Waals surface area contributed by atoms with Gasteiger partial charge in [-0.3, -0.25) is 9.97 Å². The molecule has 192 valence electrons. The molecule has 0 aliphatic carbocycles. The first-order valence-corrected chi connectivity index (χ1v) is 10.4. The fourth-order valence-corrected chi connectivity index (χ4v) is 3.02. The maximum atomic E-state index is 13.1. The van der Waals surface area contributed by atoms with E-state index in [4.69, 9.17) is 24.7 Å². The number of hydrogen-bond donors (Lipinski definition) is 0. The van der Waals surface area contributed by atoms with Gasteiger partial charge in [0, 0.05) is 23.5 Å². The SMILES string of the molecule is [C-]#[N+]c1cc(Cl)nc(-c2ccc(C(F)(F)F)nc2)c1.[C-]#[N+]c1cc(F)nc(-c2ccc(C(F)(F)F)nc2)c1. The van der Waals surface area contributed by atoms with Crippen LogP contribution in [0.1, 0.15) is 11.4 Å². The van der Waals surface area contributed by atoms with Gasteiger partial charge in [0.15, 0.2) is 11.4 Å². The van der Waals surface area contributed by atoms with Gasteiger partial charge < -0.3 is 0 Å². The van der Waals surface area contributed by atoms with Crippen LogP contribution >= 0.6 is 11.6 Å². The lowest BCUT2D eigenvalue weighted by Crippen LogP contribution is -2.07. The van der Waals surface area contributed by atoms with Crippen LogP contribution in [0.25, 0.3) is 32.2 Å². The van der Waals surface area contributed by atoms with Gasteiger partial charge in [0.1, 0.15) is 16.5 Å². The van der Waals surface area contributed by atoms with Crippen LogP contribution in [0, 0.1) is 19.1 Å². The molecular formula is C24H10ClF7N6. The van der Waals surface area contributed by atoms with E-state index in [0.717, 1.165) is 36.7 Å². The standard InChI is InChI=1S/C12H5ClF3N3.C12H5F4N3/c2*1-17-8-4-9(19-11(13)5-8)7-2-3-10(18-6-7)12(14,15)16/h2*2-6H. The van der Waals surface area contributed by atoms with E-state index in [1.54, 1.807) is 0 Å². The molecule has 38 heavy (non-hydrogen) atoms. The summed E-state index contributed by atoms with van der Waals surface area (Å²) < 4.78 is 87.2. The number of nitrogens with zero attached hydrogens (tertiary/aromatic N) is 6. The van der Waals surface area contributed by atoms with Crippen molar-refractivity contribution in [3.63, 3.8) is 0 Å². The molecule has 0 radical (unpaired) electrons. The van der Waals surface area contributed by atoms with E-state index in [1.165, 1.54) is 24.3 Å². The lowest BCUT2D eigenvalue weighted by Gasteiger charge is -2.06. The van der Waals surface area contributed by atoms with Gasteiger partial charge in [-0.05, 0) is 48.5 Å². The topological polar surface area (TPSA) is 60.3 Å². The first-order valence-electron chi connectivity index (χ1n) is 9.97. The van der Waals surface area contributed by atoms with Crippen LogP contribution in [0.5, 0.6) is 0 Å². The Balaban J connectivity index is 0.000000211. The lowest BCUT2D eigenvalue weighted by atomic mass is 10.1. The monoisotopic (exact) mass is 550 g/mol. The van der Waals surface area contributed by atoms with Crippen molar-refractivity contribution in [1.82, 2.24) is 19.9 Å². The van der Waals surface area contributed by atoms with E-state index in [-0.39, 0.29) is 27.8 Å². The second-order valence-corrected chi connectivity index (χ2v) is 7.54. The Kier molecular flexibility index (Phi) is 8.23. The van der Waals surface area contributed by atoms with E-state index in [1.807, 2.05) is 0 Å².